The lowest BCUT2D eigenvalue weighted by Gasteiger charge is -2.40. The maximum atomic E-state index is 11.7. The van der Waals surface area contributed by atoms with Gasteiger partial charge in [0.1, 0.15) is 5.82 Å². The number of hydrogen-bond donors (Lipinski definition) is 1. The Morgan fingerprint density at radius 1 is 1.42 bits per heavy atom. The Kier molecular flexibility index (Phi) is 3.93. The van der Waals surface area contributed by atoms with Crippen LogP contribution in [-0.4, -0.2) is 30.1 Å². The molecule has 5 heteroatoms. The summed E-state index contributed by atoms with van der Waals surface area (Å²) in [6.07, 6.45) is 5.06. The van der Waals surface area contributed by atoms with Gasteiger partial charge in [-0.15, -0.1) is 0 Å². The van der Waals surface area contributed by atoms with Crippen LogP contribution in [0.3, 0.4) is 0 Å². The predicted octanol–water partition coefficient (Wildman–Crippen LogP) is 2.22. The molecule has 2 heterocycles. The van der Waals surface area contributed by atoms with Gasteiger partial charge in [0.2, 0.25) is 0 Å². The number of aromatic nitrogens is 1. The Labute approximate surface area is 113 Å². The van der Waals surface area contributed by atoms with Crippen LogP contribution in [0.5, 0.6) is 0 Å². The summed E-state index contributed by atoms with van der Waals surface area (Å²) in [5.41, 5.74) is 6.52. The number of hydrogen-bond acceptors (Lipinski definition) is 5. The highest BCUT2D eigenvalue weighted by atomic mass is 16.5. The van der Waals surface area contributed by atoms with E-state index in [4.69, 9.17) is 10.5 Å². The first kappa shape index (κ1) is 13.6. The van der Waals surface area contributed by atoms with E-state index >= 15 is 0 Å². The second-order valence-electron chi connectivity index (χ2n) is 5.16. The van der Waals surface area contributed by atoms with Gasteiger partial charge in [-0.1, -0.05) is 0 Å². The molecular weight excluding hydrogens is 242 g/mol. The first-order chi connectivity index (χ1) is 9.04. The molecule has 0 aromatic carbocycles. The van der Waals surface area contributed by atoms with Crippen molar-refractivity contribution in [1.29, 1.82) is 0 Å². The summed E-state index contributed by atoms with van der Waals surface area (Å²) < 4.78 is 4.75. The molecule has 0 spiro atoms. The van der Waals surface area contributed by atoms with Crippen LogP contribution in [0.2, 0.25) is 0 Å². The number of nitrogens with two attached hydrogens (primary N) is 1. The van der Waals surface area contributed by atoms with Crippen molar-refractivity contribution in [3.8, 4) is 0 Å². The van der Waals surface area contributed by atoms with Gasteiger partial charge in [0.15, 0.2) is 0 Å². The molecule has 1 aromatic rings. The highest BCUT2D eigenvalue weighted by molar-refractivity contribution is 5.95. The fraction of sp³-hybridized carbons (Fsp3) is 0.571. The van der Waals surface area contributed by atoms with Crippen LogP contribution in [0.15, 0.2) is 12.3 Å². The summed E-state index contributed by atoms with van der Waals surface area (Å²) in [5, 5.41) is 0. The smallest absolute Gasteiger partial charge is 0.340 e. The number of piperidine rings is 1. The molecule has 1 saturated heterocycles. The lowest BCUT2D eigenvalue weighted by molar-refractivity contribution is 0.0602. The second-order valence-corrected chi connectivity index (χ2v) is 5.16. The van der Waals surface area contributed by atoms with Crippen molar-refractivity contribution in [3.05, 3.63) is 17.8 Å². The Morgan fingerprint density at radius 3 is 2.63 bits per heavy atom. The van der Waals surface area contributed by atoms with Gasteiger partial charge in [-0.2, -0.15) is 0 Å². The maximum Gasteiger partial charge on any atom is 0.340 e. The van der Waals surface area contributed by atoms with Crippen molar-refractivity contribution in [2.45, 2.75) is 45.2 Å². The molecule has 1 aromatic heterocycles. The minimum Gasteiger partial charge on any atom is -0.465 e. The molecule has 104 valence electrons. The van der Waals surface area contributed by atoms with Gasteiger partial charge >= 0.3 is 5.97 Å². The molecule has 2 atom stereocenters. The quantitative estimate of drug-likeness (QED) is 0.829. The number of carbonyl (C=O) groups is 1. The van der Waals surface area contributed by atoms with Crippen molar-refractivity contribution < 1.29 is 9.53 Å². The molecule has 5 nitrogen and oxygen atoms in total. The Hall–Kier alpha value is -1.78. The van der Waals surface area contributed by atoms with E-state index in [1.807, 2.05) is 0 Å². The van der Waals surface area contributed by atoms with Crippen LogP contribution in [0.1, 0.15) is 43.5 Å². The minimum atomic E-state index is -0.418. The number of methoxy groups -OCH3 is 1. The zero-order valence-electron chi connectivity index (χ0n) is 11.7. The average Bonchev–Trinajstić information content (AvgIpc) is 2.39. The average molecular weight is 263 g/mol. The topological polar surface area (TPSA) is 68.5 Å². The van der Waals surface area contributed by atoms with Crippen molar-refractivity contribution in [2.75, 3.05) is 17.7 Å². The van der Waals surface area contributed by atoms with E-state index < -0.39 is 5.97 Å². The molecule has 1 aliphatic heterocycles. The molecule has 1 fully saturated rings. The molecular formula is C14H21N3O2. The van der Waals surface area contributed by atoms with Gasteiger partial charge in [0.25, 0.3) is 0 Å². The van der Waals surface area contributed by atoms with Crippen LogP contribution in [0.4, 0.5) is 11.5 Å². The summed E-state index contributed by atoms with van der Waals surface area (Å²) in [7, 11) is 1.36. The monoisotopic (exact) mass is 263 g/mol. The van der Waals surface area contributed by atoms with Crippen molar-refractivity contribution in [2.24, 2.45) is 0 Å². The Bertz CT molecular complexity index is 466. The Balaban J connectivity index is 2.36. The van der Waals surface area contributed by atoms with Gasteiger partial charge < -0.3 is 15.4 Å². The van der Waals surface area contributed by atoms with Crippen LogP contribution >= 0.6 is 0 Å². The molecule has 0 aliphatic carbocycles. The number of carbonyl (C=O) groups excluding carboxylic acids is 1. The first-order valence-corrected chi connectivity index (χ1v) is 6.66. The van der Waals surface area contributed by atoms with Crippen molar-refractivity contribution in [3.63, 3.8) is 0 Å². The second kappa shape index (κ2) is 5.47. The SMILES string of the molecule is COC(=O)c1cc(N2C(C)CCCC2C)ncc1N. The van der Waals surface area contributed by atoms with Gasteiger partial charge in [0.05, 0.1) is 24.6 Å². The molecule has 2 unspecified atom stereocenters. The van der Waals surface area contributed by atoms with Gasteiger partial charge in [0, 0.05) is 12.1 Å². The zero-order valence-corrected chi connectivity index (χ0v) is 11.7. The number of anilines is 2. The van der Waals surface area contributed by atoms with E-state index in [2.05, 4.69) is 23.7 Å². The van der Waals surface area contributed by atoms with Crippen LogP contribution < -0.4 is 10.6 Å². The third kappa shape index (κ3) is 2.64. The van der Waals surface area contributed by atoms with Crippen molar-refractivity contribution >= 4 is 17.5 Å². The standard InChI is InChI=1S/C14H21N3O2/c1-9-5-4-6-10(2)17(9)13-7-11(14(18)19-3)12(15)8-16-13/h7-10H,4-6,15H2,1-3H3. The molecule has 0 bridgehead atoms. The maximum absolute atomic E-state index is 11.7. The minimum absolute atomic E-state index is 0.355. The molecule has 0 amide bonds. The first-order valence-electron chi connectivity index (χ1n) is 6.66. The molecule has 0 saturated carbocycles. The summed E-state index contributed by atoms with van der Waals surface area (Å²) in [4.78, 5) is 18.3. The third-order valence-electron chi connectivity index (χ3n) is 3.78. The van der Waals surface area contributed by atoms with E-state index in [9.17, 15) is 4.79 Å². The van der Waals surface area contributed by atoms with Crippen LogP contribution in [0, 0.1) is 0 Å². The number of pyridine rings is 1. The molecule has 19 heavy (non-hydrogen) atoms. The number of rotatable bonds is 2. The third-order valence-corrected chi connectivity index (χ3v) is 3.78. The number of ether oxygens (including phenoxy) is 1. The van der Waals surface area contributed by atoms with Crippen molar-refractivity contribution in [1.82, 2.24) is 4.98 Å². The lowest BCUT2D eigenvalue weighted by atomic mass is 9.97. The van der Waals surface area contributed by atoms with Crippen LogP contribution in [-0.2, 0) is 4.74 Å². The molecule has 1 aliphatic rings. The van der Waals surface area contributed by atoms with E-state index in [1.54, 1.807) is 6.07 Å². The van der Waals surface area contributed by atoms with E-state index in [-0.39, 0.29) is 0 Å². The molecule has 2 rings (SSSR count). The van der Waals surface area contributed by atoms with Gasteiger partial charge in [-0.25, -0.2) is 9.78 Å². The van der Waals surface area contributed by atoms with E-state index in [1.165, 1.54) is 19.7 Å². The highest BCUT2D eigenvalue weighted by Crippen LogP contribution is 2.29. The summed E-state index contributed by atoms with van der Waals surface area (Å²) in [5.74, 6) is 0.382. The van der Waals surface area contributed by atoms with E-state index in [0.29, 0.717) is 23.3 Å². The highest BCUT2D eigenvalue weighted by Gasteiger charge is 2.26. The van der Waals surface area contributed by atoms with Gasteiger partial charge in [-0.3, -0.25) is 0 Å². The number of nitrogens with zero attached hydrogens (tertiary/aromatic N) is 2. The predicted molar refractivity (Wildman–Crippen MR) is 75.2 cm³/mol. The Morgan fingerprint density at radius 2 is 2.05 bits per heavy atom. The molecule has 2 N–H and O–H groups in total. The van der Waals surface area contributed by atoms with Gasteiger partial charge in [-0.05, 0) is 39.2 Å². The molecule has 0 radical (unpaired) electrons. The van der Waals surface area contributed by atoms with Crippen LogP contribution in [0.25, 0.3) is 0 Å². The lowest BCUT2D eigenvalue weighted by Crippen LogP contribution is -2.44. The number of esters is 1. The summed E-state index contributed by atoms with van der Waals surface area (Å²) in [6.45, 7) is 4.37. The summed E-state index contributed by atoms with van der Waals surface area (Å²) >= 11 is 0. The number of nitrogen functional groups attached to an aromatic ring is 1. The largest absolute Gasteiger partial charge is 0.465 e. The fourth-order valence-electron chi connectivity index (χ4n) is 2.76. The van der Waals surface area contributed by atoms with E-state index in [0.717, 1.165) is 18.7 Å². The zero-order chi connectivity index (χ0) is 14.0. The fourth-order valence-corrected chi connectivity index (χ4v) is 2.76. The normalized spacial score (nSPS) is 23.2. The summed E-state index contributed by atoms with van der Waals surface area (Å²) in [6, 6.07) is 2.58.